The molecule has 0 saturated carbocycles. The number of ether oxygens (including phenoxy) is 1. The molecule has 1 heterocycles. The average molecular weight is 304 g/mol. The monoisotopic (exact) mass is 304 g/mol. The maximum absolute atomic E-state index is 12.4. The van der Waals surface area contributed by atoms with Gasteiger partial charge < -0.3 is 9.64 Å². The van der Waals surface area contributed by atoms with Crippen LogP contribution in [0.2, 0.25) is 0 Å². The van der Waals surface area contributed by atoms with Gasteiger partial charge in [-0.2, -0.15) is 13.2 Å². The number of hydrogen-bond acceptors (Lipinski definition) is 4. The minimum Gasteiger partial charge on any atom is -0.468 e. The highest BCUT2D eigenvalue weighted by atomic mass is 19.4. The third-order valence-corrected chi connectivity index (χ3v) is 2.71. The molecule has 0 aliphatic rings. The van der Waals surface area contributed by atoms with Crippen molar-refractivity contribution in [2.75, 3.05) is 13.7 Å². The van der Waals surface area contributed by atoms with E-state index in [-0.39, 0.29) is 18.2 Å². The van der Waals surface area contributed by atoms with Gasteiger partial charge >= 0.3 is 12.1 Å². The maximum Gasteiger partial charge on any atom is 0.433 e. The molecule has 8 heteroatoms. The van der Waals surface area contributed by atoms with E-state index in [9.17, 15) is 22.8 Å². The molecule has 0 saturated heterocycles. The molecule has 0 aromatic carbocycles. The summed E-state index contributed by atoms with van der Waals surface area (Å²) < 4.78 is 41.7. The molecule has 5 nitrogen and oxygen atoms in total. The fourth-order valence-electron chi connectivity index (χ4n) is 1.55. The smallest absolute Gasteiger partial charge is 0.433 e. The number of nitrogens with zero attached hydrogens (tertiary/aromatic N) is 2. The quantitative estimate of drug-likeness (QED) is 0.800. The summed E-state index contributed by atoms with van der Waals surface area (Å²) in [5.74, 6) is -1.20. The molecule has 0 aliphatic heterocycles. The molecule has 0 radical (unpaired) electrons. The predicted octanol–water partition coefficient (Wildman–Crippen LogP) is 2.12. The minimum atomic E-state index is -4.56. The van der Waals surface area contributed by atoms with Gasteiger partial charge in [0.2, 0.25) is 0 Å². The highest BCUT2D eigenvalue weighted by Crippen LogP contribution is 2.27. The molecule has 0 aliphatic carbocycles. The lowest BCUT2D eigenvalue weighted by molar-refractivity contribution is -0.142. The van der Waals surface area contributed by atoms with Crippen LogP contribution in [0.25, 0.3) is 0 Å². The SMILES string of the molecule is COC(=O)CN(C(=O)c1ccc(C(F)(F)F)nc1)C(C)C. The number of amides is 1. The third-order valence-electron chi connectivity index (χ3n) is 2.71. The molecule has 1 aromatic heterocycles. The van der Waals surface area contributed by atoms with Gasteiger partial charge in [-0.3, -0.25) is 14.6 Å². The summed E-state index contributed by atoms with van der Waals surface area (Å²) in [5.41, 5.74) is -1.11. The second-order valence-corrected chi connectivity index (χ2v) is 4.53. The molecule has 0 atom stereocenters. The van der Waals surface area contributed by atoms with Gasteiger partial charge in [-0.1, -0.05) is 0 Å². The summed E-state index contributed by atoms with van der Waals surface area (Å²) in [7, 11) is 1.19. The van der Waals surface area contributed by atoms with Gasteiger partial charge in [0.15, 0.2) is 0 Å². The van der Waals surface area contributed by atoms with E-state index in [1.54, 1.807) is 13.8 Å². The Hall–Kier alpha value is -2.12. The zero-order chi connectivity index (χ0) is 16.2. The second-order valence-electron chi connectivity index (χ2n) is 4.53. The highest BCUT2D eigenvalue weighted by Gasteiger charge is 2.32. The standard InChI is InChI=1S/C13H15F3N2O3/c1-8(2)18(7-11(19)21-3)12(20)9-4-5-10(17-6-9)13(14,15)16/h4-6,8H,7H2,1-3H3. The van der Waals surface area contributed by atoms with E-state index in [2.05, 4.69) is 9.72 Å². The van der Waals surface area contributed by atoms with E-state index in [4.69, 9.17) is 0 Å². The van der Waals surface area contributed by atoms with E-state index in [1.807, 2.05) is 0 Å². The summed E-state index contributed by atoms with van der Waals surface area (Å²) in [4.78, 5) is 27.9. The Morgan fingerprint density at radius 1 is 1.33 bits per heavy atom. The predicted molar refractivity (Wildman–Crippen MR) is 67.4 cm³/mol. The fourth-order valence-corrected chi connectivity index (χ4v) is 1.55. The lowest BCUT2D eigenvalue weighted by Crippen LogP contribution is -2.41. The first-order valence-corrected chi connectivity index (χ1v) is 6.08. The van der Waals surface area contributed by atoms with Crippen molar-refractivity contribution < 1.29 is 27.5 Å². The largest absolute Gasteiger partial charge is 0.468 e. The summed E-state index contributed by atoms with van der Waals surface area (Å²) in [6.45, 7) is 3.07. The first kappa shape index (κ1) is 16.9. The molecule has 0 fully saturated rings. The van der Waals surface area contributed by atoms with Crippen LogP contribution >= 0.6 is 0 Å². The molecule has 0 spiro atoms. The van der Waals surface area contributed by atoms with E-state index in [1.165, 1.54) is 12.0 Å². The minimum absolute atomic E-state index is 0.0272. The number of halogens is 3. The van der Waals surface area contributed by atoms with Gasteiger partial charge in [-0.25, -0.2) is 0 Å². The first-order chi connectivity index (χ1) is 9.66. The van der Waals surface area contributed by atoms with Crippen molar-refractivity contribution >= 4 is 11.9 Å². The lowest BCUT2D eigenvalue weighted by atomic mass is 10.2. The van der Waals surface area contributed by atoms with Crippen LogP contribution in [0.3, 0.4) is 0 Å². The Morgan fingerprint density at radius 2 is 1.95 bits per heavy atom. The van der Waals surface area contributed by atoms with Crippen molar-refractivity contribution in [3.63, 3.8) is 0 Å². The van der Waals surface area contributed by atoms with Gasteiger partial charge in [-0.15, -0.1) is 0 Å². The van der Waals surface area contributed by atoms with Crippen LogP contribution in [0.15, 0.2) is 18.3 Å². The number of carbonyl (C=O) groups is 2. The Balaban J connectivity index is 2.96. The van der Waals surface area contributed by atoms with Gasteiger partial charge in [0, 0.05) is 12.2 Å². The summed E-state index contributed by atoms with van der Waals surface area (Å²) in [6, 6.07) is 1.44. The van der Waals surface area contributed by atoms with Gasteiger partial charge in [0.25, 0.3) is 5.91 Å². The summed E-state index contributed by atoms with van der Waals surface area (Å²) in [5, 5.41) is 0. The molecule has 0 unspecified atom stereocenters. The van der Waals surface area contributed by atoms with Gasteiger partial charge in [0.1, 0.15) is 12.2 Å². The number of rotatable bonds is 4. The summed E-state index contributed by atoms with van der Waals surface area (Å²) in [6.07, 6.45) is -3.72. The van der Waals surface area contributed by atoms with Crippen LogP contribution in [-0.2, 0) is 15.7 Å². The number of aromatic nitrogens is 1. The fraction of sp³-hybridized carbons (Fsp3) is 0.462. The van der Waals surface area contributed by atoms with Gasteiger partial charge in [0.05, 0.1) is 12.7 Å². The Morgan fingerprint density at radius 3 is 2.33 bits per heavy atom. The number of esters is 1. The van der Waals surface area contributed by atoms with Crippen LogP contribution in [0, 0.1) is 0 Å². The third kappa shape index (κ3) is 4.44. The molecular weight excluding hydrogens is 289 g/mol. The summed E-state index contributed by atoms with van der Waals surface area (Å²) >= 11 is 0. The number of hydrogen-bond donors (Lipinski definition) is 0. The number of alkyl halides is 3. The second kappa shape index (κ2) is 6.55. The average Bonchev–Trinajstić information content (AvgIpc) is 2.42. The van der Waals surface area contributed by atoms with Crippen LogP contribution in [-0.4, -0.2) is 41.5 Å². The molecule has 1 amide bonds. The molecule has 0 N–H and O–H groups in total. The Labute approximate surface area is 119 Å². The molecule has 1 rings (SSSR count). The maximum atomic E-state index is 12.4. The van der Waals surface area contributed by atoms with Crippen molar-refractivity contribution in [1.29, 1.82) is 0 Å². The topological polar surface area (TPSA) is 59.5 Å². The number of pyridine rings is 1. The van der Waals surface area contributed by atoms with Crippen LogP contribution in [0.1, 0.15) is 29.9 Å². The molecule has 1 aromatic rings. The van der Waals surface area contributed by atoms with Crippen molar-refractivity contribution in [2.45, 2.75) is 26.1 Å². The molecule has 0 bridgehead atoms. The van der Waals surface area contributed by atoms with E-state index in [0.717, 1.165) is 18.3 Å². The van der Waals surface area contributed by atoms with E-state index in [0.29, 0.717) is 0 Å². The van der Waals surface area contributed by atoms with Crippen molar-refractivity contribution in [1.82, 2.24) is 9.88 Å². The lowest BCUT2D eigenvalue weighted by Gasteiger charge is -2.25. The number of methoxy groups -OCH3 is 1. The van der Waals surface area contributed by atoms with Crippen molar-refractivity contribution in [3.05, 3.63) is 29.6 Å². The highest BCUT2D eigenvalue weighted by molar-refractivity contribution is 5.95. The van der Waals surface area contributed by atoms with Crippen molar-refractivity contribution in [3.8, 4) is 0 Å². The van der Waals surface area contributed by atoms with Crippen LogP contribution in [0.5, 0.6) is 0 Å². The van der Waals surface area contributed by atoms with Crippen molar-refractivity contribution in [2.24, 2.45) is 0 Å². The first-order valence-electron chi connectivity index (χ1n) is 6.08. The Bertz CT molecular complexity index is 512. The van der Waals surface area contributed by atoms with Gasteiger partial charge in [-0.05, 0) is 26.0 Å². The van der Waals surface area contributed by atoms with Crippen LogP contribution in [0.4, 0.5) is 13.2 Å². The van der Waals surface area contributed by atoms with Crippen LogP contribution < -0.4 is 0 Å². The number of carbonyl (C=O) groups excluding carboxylic acids is 2. The Kier molecular flexibility index (Phi) is 5.28. The molecule has 116 valence electrons. The zero-order valence-electron chi connectivity index (χ0n) is 11.8. The molecule has 21 heavy (non-hydrogen) atoms. The van der Waals surface area contributed by atoms with E-state index >= 15 is 0 Å². The normalized spacial score (nSPS) is 11.4. The zero-order valence-corrected chi connectivity index (χ0v) is 11.8. The van der Waals surface area contributed by atoms with E-state index < -0.39 is 23.7 Å². The molecular formula is C13H15F3N2O3.